The maximum absolute atomic E-state index is 0. The van der Waals surface area contributed by atoms with Crippen molar-refractivity contribution < 1.29 is 0 Å². The fraction of sp³-hybridized carbons (Fsp3) is 0. The molecule has 0 rings (SSSR count). The van der Waals surface area contributed by atoms with Gasteiger partial charge in [-0.3, -0.25) is 0 Å². The molecule has 0 aliphatic carbocycles. The molecule has 0 aromatic heterocycles. The molecule has 0 bridgehead atoms. The Morgan fingerprint density at radius 2 is 0.400 bits per heavy atom. The Morgan fingerprint density at radius 3 is 0.400 bits per heavy atom. The Hall–Kier alpha value is 3.39. The summed E-state index contributed by atoms with van der Waals surface area (Å²) in [7, 11) is 0. The monoisotopic (exact) mass is 160 g/mol. The molecule has 0 nitrogen and oxygen atoms in total. The van der Waals surface area contributed by atoms with E-state index in [2.05, 4.69) is 0 Å². The fourth-order valence-corrected chi connectivity index (χ4v) is 0. The Balaban J connectivity index is 0. The van der Waals surface area contributed by atoms with Crippen molar-refractivity contribution in [3.05, 3.63) is 0 Å². The molecule has 0 N–H and O–H groups in total. The fourth-order valence-electron chi connectivity index (χ4n) is 0. The van der Waals surface area contributed by atoms with Crippen LogP contribution < -0.4 is 0 Å². The van der Waals surface area contributed by atoms with Gasteiger partial charge in [0.25, 0.3) is 0 Å². The average Bonchev–Trinajstić information content (AvgIpc) is 0. The molecule has 0 spiro atoms. The van der Waals surface area contributed by atoms with Crippen LogP contribution in [0.4, 0.5) is 0 Å². The quantitative estimate of drug-likeness (QED) is 0.311. The molecule has 0 aromatic carbocycles. The molecule has 0 aromatic rings. The van der Waals surface area contributed by atoms with Crippen LogP contribution in [-0.4, -0.2) is 107 Å². The standard InChI is InChI=1S/4Al.Ca.12H. The van der Waals surface area contributed by atoms with Crippen LogP contribution in [0.15, 0.2) is 0 Å². The predicted octanol–water partition coefficient (Wildman–Crippen LogP) is -5.12. The van der Waals surface area contributed by atoms with Gasteiger partial charge in [-0.1, -0.05) is 0 Å². The van der Waals surface area contributed by atoms with Crippen LogP contribution >= 0.6 is 0 Å². The van der Waals surface area contributed by atoms with E-state index in [-0.39, 0.29) is 107 Å². The van der Waals surface area contributed by atoms with E-state index in [1.807, 2.05) is 0 Å². The minimum absolute atomic E-state index is 0. The summed E-state index contributed by atoms with van der Waals surface area (Å²) < 4.78 is 0. The van der Waals surface area contributed by atoms with Gasteiger partial charge in [0.1, 0.15) is 0 Å². The van der Waals surface area contributed by atoms with E-state index in [1.54, 1.807) is 0 Å². The van der Waals surface area contributed by atoms with Crippen molar-refractivity contribution in [3.8, 4) is 0 Å². The molecule has 0 aliphatic rings. The van der Waals surface area contributed by atoms with Crippen molar-refractivity contribution >= 4 is 107 Å². The SMILES string of the molecule is [AlH3].[AlH3].[AlH3].[AlH3].[Ca]. The molecule has 26 valence electrons. The first kappa shape index (κ1) is 39.9. The van der Waals surface area contributed by atoms with Gasteiger partial charge in [-0.05, 0) is 0 Å². The zero-order chi connectivity index (χ0) is 0. The third-order valence-corrected chi connectivity index (χ3v) is 0. The summed E-state index contributed by atoms with van der Waals surface area (Å²) in [5.74, 6) is 0. The van der Waals surface area contributed by atoms with Crippen molar-refractivity contribution in [3.63, 3.8) is 0 Å². The van der Waals surface area contributed by atoms with E-state index in [1.165, 1.54) is 0 Å². The molecule has 0 heterocycles. The van der Waals surface area contributed by atoms with Gasteiger partial charge in [-0.2, -0.15) is 0 Å². The molecule has 0 fully saturated rings. The van der Waals surface area contributed by atoms with Crippen LogP contribution in [0.3, 0.4) is 0 Å². The molecule has 2 radical (unpaired) electrons. The Morgan fingerprint density at radius 1 is 0.400 bits per heavy atom. The zero-order valence-electron chi connectivity index (χ0n) is 0.707. The molecule has 0 unspecified atom stereocenters. The van der Waals surface area contributed by atoms with Gasteiger partial charge in [0.2, 0.25) is 0 Å². The maximum Gasteiger partial charge on any atom is 0.187 e. The van der Waals surface area contributed by atoms with E-state index in [4.69, 9.17) is 0 Å². The number of hydrogen-bond donors (Lipinski definition) is 0. The summed E-state index contributed by atoms with van der Waals surface area (Å²) in [4.78, 5) is 0. The van der Waals surface area contributed by atoms with E-state index < -0.39 is 0 Å². The van der Waals surface area contributed by atoms with Gasteiger partial charge >= 0.3 is 0 Å². The molecule has 0 amide bonds. The Labute approximate surface area is 105 Å². The van der Waals surface area contributed by atoms with Gasteiger partial charge in [0.05, 0.1) is 0 Å². The van der Waals surface area contributed by atoms with Gasteiger partial charge < -0.3 is 0 Å². The summed E-state index contributed by atoms with van der Waals surface area (Å²) in [5.41, 5.74) is 0. The van der Waals surface area contributed by atoms with E-state index in [0.717, 1.165) is 0 Å². The van der Waals surface area contributed by atoms with Crippen molar-refractivity contribution in [2.24, 2.45) is 0 Å². The van der Waals surface area contributed by atoms with Gasteiger partial charge in [0, 0.05) is 37.7 Å². The van der Waals surface area contributed by atoms with Crippen molar-refractivity contribution in [1.82, 2.24) is 0 Å². The zero-order valence-corrected chi connectivity index (χ0v) is 2.92. The van der Waals surface area contributed by atoms with Crippen LogP contribution in [-0.2, 0) is 0 Å². The molecule has 5 heavy (non-hydrogen) atoms. The van der Waals surface area contributed by atoms with Crippen molar-refractivity contribution in [2.75, 3.05) is 0 Å². The second-order valence-corrected chi connectivity index (χ2v) is 0. The largest absolute Gasteiger partial charge is 0.187 e. The Bertz CT molecular complexity index is 3.61. The van der Waals surface area contributed by atoms with Crippen LogP contribution in [0, 0.1) is 0 Å². The number of hydrogen-bond acceptors (Lipinski definition) is 0. The van der Waals surface area contributed by atoms with Crippen LogP contribution in [0.1, 0.15) is 0 Å². The molecular formula is H12Al4Ca. The second kappa shape index (κ2) is 26.3. The molecule has 0 saturated carbocycles. The molecule has 0 aliphatic heterocycles. The third-order valence-electron chi connectivity index (χ3n) is 0. The summed E-state index contributed by atoms with van der Waals surface area (Å²) in [6.07, 6.45) is 0. The van der Waals surface area contributed by atoms with Gasteiger partial charge in [0.15, 0.2) is 69.4 Å². The smallest absolute Gasteiger partial charge is 0 e. The topological polar surface area (TPSA) is 0 Å². The van der Waals surface area contributed by atoms with E-state index >= 15 is 0 Å². The Kier molecular flexibility index (Phi) is 209. The first-order valence-corrected chi connectivity index (χ1v) is 0. The summed E-state index contributed by atoms with van der Waals surface area (Å²) in [6, 6.07) is 0. The third kappa shape index (κ3) is 18.7. The van der Waals surface area contributed by atoms with Crippen molar-refractivity contribution in [1.29, 1.82) is 0 Å². The number of rotatable bonds is 0. The van der Waals surface area contributed by atoms with E-state index in [9.17, 15) is 0 Å². The van der Waals surface area contributed by atoms with Crippen LogP contribution in [0.5, 0.6) is 0 Å². The average molecular weight is 160 g/mol. The summed E-state index contributed by atoms with van der Waals surface area (Å²) in [5, 5.41) is 0. The summed E-state index contributed by atoms with van der Waals surface area (Å²) >= 11 is 0. The van der Waals surface area contributed by atoms with Crippen molar-refractivity contribution in [2.45, 2.75) is 0 Å². The normalized spacial score (nSPS) is 0. The van der Waals surface area contributed by atoms with Gasteiger partial charge in [-0.25, -0.2) is 0 Å². The van der Waals surface area contributed by atoms with E-state index in [0.29, 0.717) is 0 Å². The first-order chi connectivity index (χ1) is 0. The predicted molar refractivity (Wildman–Crippen MR) is 45.5 cm³/mol. The second-order valence-electron chi connectivity index (χ2n) is 0. The summed E-state index contributed by atoms with van der Waals surface area (Å²) in [6.45, 7) is 0. The molecule has 5 heteroatoms. The van der Waals surface area contributed by atoms with Crippen LogP contribution in [0.2, 0.25) is 0 Å². The minimum Gasteiger partial charge on any atom is 0 e. The molecule has 0 atom stereocenters. The first-order valence-electron chi connectivity index (χ1n) is 0. The molecule has 0 saturated heterocycles. The minimum atomic E-state index is 0. The maximum atomic E-state index is 0. The molecular weight excluding hydrogens is 148 g/mol. The van der Waals surface area contributed by atoms with Gasteiger partial charge in [-0.15, -0.1) is 0 Å². The van der Waals surface area contributed by atoms with Crippen LogP contribution in [0.25, 0.3) is 0 Å².